The van der Waals surface area contributed by atoms with Crippen molar-refractivity contribution in [1.82, 2.24) is 0 Å². The number of carbonyl (C=O) groups is 1. The predicted molar refractivity (Wildman–Crippen MR) is 20.7 cm³/mol. The molecule has 0 N–H and O–H groups in total. The van der Waals surface area contributed by atoms with Gasteiger partial charge in [0.05, 0.1) is 0 Å². The molecule has 0 saturated carbocycles. The van der Waals surface area contributed by atoms with Crippen LogP contribution in [0.3, 0.4) is 0 Å². The van der Waals surface area contributed by atoms with E-state index in [4.69, 9.17) is 0 Å². The first-order chi connectivity index (χ1) is 3.27. The van der Waals surface area contributed by atoms with Crippen LogP contribution in [0.25, 0.3) is 0 Å². The zero-order valence-electron chi connectivity index (χ0n) is 3.41. The summed E-state index contributed by atoms with van der Waals surface area (Å²) in [5, 5.41) is 0. The van der Waals surface area contributed by atoms with Crippen molar-refractivity contribution < 1.29 is 38.9 Å². The maximum absolute atomic E-state index is 9.54. The summed E-state index contributed by atoms with van der Waals surface area (Å²) in [4.78, 5) is 9.54. The zero-order chi connectivity index (χ0) is 6.28. The second-order valence-corrected chi connectivity index (χ2v) is 0.810. The summed E-state index contributed by atoms with van der Waals surface area (Å²) in [6.45, 7) is 1.31. The second kappa shape index (κ2) is 10.1. The summed E-state index contributed by atoms with van der Waals surface area (Å²) in [6, 6.07) is 0. The Bertz CT molecular complexity index is 51.0. The average Bonchev–Trinajstić information content (AvgIpc) is 1.73. The van der Waals surface area contributed by atoms with Crippen LogP contribution in [0.5, 0.6) is 0 Å². The van der Waals surface area contributed by atoms with Crippen LogP contribution in [0.2, 0.25) is 0 Å². The van der Waals surface area contributed by atoms with Gasteiger partial charge >= 0.3 is 66.0 Å². The molecule has 0 spiro atoms. The molecule has 0 rings (SSSR count). The summed E-state index contributed by atoms with van der Waals surface area (Å²) in [5.41, 5.74) is 0. The molecule has 0 amide bonds. The zero-order valence-corrected chi connectivity index (χ0v) is 7.21. The van der Waals surface area contributed by atoms with Gasteiger partial charge < -0.3 is 0 Å². The minimum atomic E-state index is -0.329. The molecule has 0 atom stereocenters. The van der Waals surface area contributed by atoms with E-state index in [1.807, 2.05) is 0 Å². The number of carbonyl (C=O) groups excluding carboxylic acids is 1. The molecule has 0 bridgehead atoms. The van der Waals surface area contributed by atoms with Crippen LogP contribution in [-0.4, -0.2) is 5.97 Å². The van der Waals surface area contributed by atoms with Crippen LogP contribution in [0.1, 0.15) is 6.92 Å². The number of hydrogen-bond acceptors (Lipinski definition) is 2. The van der Waals surface area contributed by atoms with Gasteiger partial charge in [-0.2, -0.15) is 0 Å². The number of hydrogen-bond donors (Lipinski definition) is 0. The Labute approximate surface area is 65.8 Å². The summed E-state index contributed by atoms with van der Waals surface area (Å²) in [6.07, 6.45) is 0. The molecule has 0 aromatic heterocycles. The van der Waals surface area contributed by atoms with Gasteiger partial charge in [0.2, 0.25) is 0 Å². The number of rotatable bonds is 0. The molecule has 0 aliphatic heterocycles. The first-order valence-electron chi connectivity index (χ1n) is 1.19. The van der Waals surface area contributed by atoms with Gasteiger partial charge in [0, 0.05) is 0 Å². The van der Waals surface area contributed by atoms with Crippen molar-refractivity contribution in [3.63, 3.8) is 0 Å². The van der Waals surface area contributed by atoms with E-state index in [0.29, 0.717) is 0 Å². The van der Waals surface area contributed by atoms with Crippen LogP contribution in [-0.2, 0) is 38.9 Å². The van der Waals surface area contributed by atoms with Gasteiger partial charge in [-0.1, -0.05) is 0 Å². The van der Waals surface area contributed by atoms with Crippen LogP contribution in [0.15, 0.2) is 0 Å². The minimum absolute atomic E-state index is 0.329. The van der Waals surface area contributed by atoms with Gasteiger partial charge in [-0.05, 0) is 0 Å². The Balaban J connectivity index is 0. The van der Waals surface area contributed by atoms with Crippen molar-refractivity contribution in [2.24, 2.45) is 0 Å². The van der Waals surface area contributed by atoms with E-state index in [1.165, 1.54) is 6.92 Å². The SMILES string of the molecule is CC(=O)[O][Mn].[Co][Br]. The van der Waals surface area contributed by atoms with E-state index in [0.717, 1.165) is 0 Å². The number of halogens is 1. The maximum atomic E-state index is 9.54. The summed E-state index contributed by atoms with van der Waals surface area (Å²) < 4.78 is 3.92. The Kier molecular flexibility index (Phi) is 15.6. The molecule has 5 heteroatoms. The van der Waals surface area contributed by atoms with E-state index < -0.39 is 0 Å². The van der Waals surface area contributed by atoms with Gasteiger partial charge in [-0.15, -0.1) is 0 Å². The molecule has 0 aromatic carbocycles. The molecular formula is C2H3BrCoMnO2. The summed E-state index contributed by atoms with van der Waals surface area (Å²) >= 11 is 8.46. The summed E-state index contributed by atoms with van der Waals surface area (Å²) in [5.74, 6) is -0.329. The third kappa shape index (κ3) is 19.5. The molecule has 7 heavy (non-hydrogen) atoms. The van der Waals surface area contributed by atoms with E-state index >= 15 is 0 Å². The van der Waals surface area contributed by atoms with Crippen molar-refractivity contribution in [2.45, 2.75) is 6.92 Å². The molecule has 2 nitrogen and oxygen atoms in total. The Hall–Kier alpha value is 0.976. The van der Waals surface area contributed by atoms with Crippen molar-refractivity contribution >= 4 is 20.1 Å². The van der Waals surface area contributed by atoms with Crippen LogP contribution in [0.4, 0.5) is 0 Å². The van der Waals surface area contributed by atoms with E-state index in [1.54, 1.807) is 0 Å². The third-order valence-corrected chi connectivity index (χ3v) is 0.448. The normalized spacial score (nSPS) is 5.86. The van der Waals surface area contributed by atoms with Gasteiger partial charge in [-0.3, -0.25) is 0 Å². The monoisotopic (exact) mass is 252 g/mol. The van der Waals surface area contributed by atoms with Crippen LogP contribution < -0.4 is 0 Å². The Morgan fingerprint density at radius 1 is 1.86 bits per heavy atom. The molecule has 0 aliphatic carbocycles. The Morgan fingerprint density at radius 2 is 2.00 bits per heavy atom. The van der Waals surface area contributed by atoms with E-state index in [9.17, 15) is 4.79 Å². The second-order valence-electron chi connectivity index (χ2n) is 0.569. The van der Waals surface area contributed by atoms with Crippen molar-refractivity contribution in [3.05, 3.63) is 0 Å². The molecule has 46 valence electrons. The molecule has 0 unspecified atom stereocenters. The quantitative estimate of drug-likeness (QED) is 0.598. The van der Waals surface area contributed by atoms with Crippen molar-refractivity contribution in [3.8, 4) is 0 Å². The summed E-state index contributed by atoms with van der Waals surface area (Å²) in [7, 11) is 0. The first-order valence-corrected chi connectivity index (χ1v) is 4.24. The molecular weight excluding hydrogens is 250 g/mol. The molecule has 0 aromatic rings. The molecule has 0 heterocycles. The third-order valence-electron chi connectivity index (χ3n) is 0.109. The van der Waals surface area contributed by atoms with Crippen molar-refractivity contribution in [1.29, 1.82) is 0 Å². The standard InChI is InChI=1S/C2H4O2.BrH.Co.Mn/c1-2(3)4;;;/h1H3,(H,3,4);1H;;/q;;2*+1/p-2. The van der Waals surface area contributed by atoms with Crippen LogP contribution in [0, 0.1) is 0 Å². The fourth-order valence-corrected chi connectivity index (χ4v) is 0. The molecule has 0 fully saturated rings. The first kappa shape index (κ1) is 10.9. The average molecular weight is 253 g/mol. The van der Waals surface area contributed by atoms with E-state index in [-0.39, 0.29) is 5.97 Å². The Morgan fingerprint density at radius 3 is 2.00 bits per heavy atom. The van der Waals surface area contributed by atoms with E-state index in [2.05, 4.69) is 48.3 Å². The predicted octanol–water partition coefficient (Wildman–Crippen LogP) is 0.854. The fraction of sp³-hybridized carbons (Fsp3) is 0.500. The van der Waals surface area contributed by atoms with Gasteiger partial charge in [0.25, 0.3) is 0 Å². The molecule has 0 aliphatic rings. The van der Waals surface area contributed by atoms with Gasteiger partial charge in [0.15, 0.2) is 0 Å². The fourth-order valence-electron chi connectivity index (χ4n) is 0. The molecule has 0 radical (unpaired) electrons. The molecule has 0 saturated heterocycles. The topological polar surface area (TPSA) is 26.3 Å². The van der Waals surface area contributed by atoms with Crippen molar-refractivity contribution in [2.75, 3.05) is 0 Å². The van der Waals surface area contributed by atoms with Gasteiger partial charge in [-0.25, -0.2) is 0 Å². The van der Waals surface area contributed by atoms with Crippen LogP contribution >= 0.6 is 14.2 Å². The van der Waals surface area contributed by atoms with Gasteiger partial charge in [0.1, 0.15) is 0 Å².